The Morgan fingerprint density at radius 3 is 2.55 bits per heavy atom. The summed E-state index contributed by atoms with van der Waals surface area (Å²) in [6.45, 7) is 0.275. The SMILES string of the molecule is O=C(NCc1ccco1)C1CSC(c2ccccc2Cl)N1C(=O)c1ccccc1. The first-order chi connectivity index (χ1) is 14.1. The molecule has 2 atom stereocenters. The van der Waals surface area contributed by atoms with E-state index in [1.54, 1.807) is 41.5 Å². The summed E-state index contributed by atoms with van der Waals surface area (Å²) in [6.07, 6.45) is 1.56. The smallest absolute Gasteiger partial charge is 0.255 e. The molecule has 5 nitrogen and oxygen atoms in total. The van der Waals surface area contributed by atoms with Crippen LogP contribution in [-0.4, -0.2) is 28.5 Å². The number of furan rings is 1. The van der Waals surface area contributed by atoms with Crippen molar-refractivity contribution in [3.8, 4) is 0 Å². The molecule has 3 aromatic rings. The number of halogens is 1. The summed E-state index contributed by atoms with van der Waals surface area (Å²) in [5.41, 5.74) is 1.36. The first-order valence-electron chi connectivity index (χ1n) is 9.19. The van der Waals surface area contributed by atoms with E-state index in [1.807, 2.05) is 36.4 Å². The van der Waals surface area contributed by atoms with Crippen LogP contribution in [0.5, 0.6) is 0 Å². The molecule has 1 aromatic heterocycles. The maximum Gasteiger partial charge on any atom is 0.255 e. The zero-order valence-corrected chi connectivity index (χ0v) is 17.0. The average molecular weight is 427 g/mol. The van der Waals surface area contributed by atoms with E-state index in [0.29, 0.717) is 22.1 Å². The van der Waals surface area contributed by atoms with Crippen LogP contribution in [0.25, 0.3) is 0 Å². The van der Waals surface area contributed by atoms with E-state index < -0.39 is 6.04 Å². The third kappa shape index (κ3) is 4.18. The maximum absolute atomic E-state index is 13.4. The van der Waals surface area contributed by atoms with Crippen LogP contribution in [-0.2, 0) is 11.3 Å². The van der Waals surface area contributed by atoms with Gasteiger partial charge in [-0.2, -0.15) is 0 Å². The first-order valence-corrected chi connectivity index (χ1v) is 10.6. The van der Waals surface area contributed by atoms with Crippen LogP contribution in [0.4, 0.5) is 0 Å². The number of carbonyl (C=O) groups excluding carboxylic acids is 2. The molecular formula is C22H19ClN2O3S. The topological polar surface area (TPSA) is 62.6 Å². The second-order valence-electron chi connectivity index (χ2n) is 6.60. The van der Waals surface area contributed by atoms with Crippen molar-refractivity contribution in [3.63, 3.8) is 0 Å². The molecule has 0 aliphatic carbocycles. The highest BCUT2D eigenvalue weighted by atomic mass is 35.5. The van der Waals surface area contributed by atoms with Crippen molar-refractivity contribution in [3.05, 3.63) is 94.9 Å². The molecule has 148 valence electrons. The quantitative estimate of drug-likeness (QED) is 0.652. The van der Waals surface area contributed by atoms with Crippen LogP contribution in [0.3, 0.4) is 0 Å². The van der Waals surface area contributed by atoms with E-state index in [9.17, 15) is 9.59 Å². The van der Waals surface area contributed by atoms with Gasteiger partial charge in [-0.3, -0.25) is 9.59 Å². The van der Waals surface area contributed by atoms with Crippen LogP contribution >= 0.6 is 23.4 Å². The van der Waals surface area contributed by atoms with Crippen molar-refractivity contribution < 1.29 is 14.0 Å². The summed E-state index contributed by atoms with van der Waals surface area (Å²) in [5.74, 6) is 0.734. The summed E-state index contributed by atoms with van der Waals surface area (Å²) in [7, 11) is 0. The average Bonchev–Trinajstić information content (AvgIpc) is 3.42. The summed E-state index contributed by atoms with van der Waals surface area (Å²) in [5, 5.41) is 3.12. The Hall–Kier alpha value is -2.70. The van der Waals surface area contributed by atoms with Crippen molar-refractivity contribution in [1.29, 1.82) is 0 Å². The van der Waals surface area contributed by atoms with Gasteiger partial charge in [0, 0.05) is 21.9 Å². The highest BCUT2D eigenvalue weighted by molar-refractivity contribution is 7.99. The van der Waals surface area contributed by atoms with Gasteiger partial charge in [-0.1, -0.05) is 48.0 Å². The van der Waals surface area contributed by atoms with Gasteiger partial charge in [0.05, 0.1) is 12.8 Å². The van der Waals surface area contributed by atoms with Crippen molar-refractivity contribution in [2.24, 2.45) is 0 Å². The molecule has 29 heavy (non-hydrogen) atoms. The zero-order chi connectivity index (χ0) is 20.2. The molecule has 7 heteroatoms. The Morgan fingerprint density at radius 1 is 1.07 bits per heavy atom. The lowest BCUT2D eigenvalue weighted by Gasteiger charge is -2.29. The Balaban J connectivity index is 1.62. The Bertz CT molecular complexity index is 994. The summed E-state index contributed by atoms with van der Waals surface area (Å²) < 4.78 is 5.28. The number of nitrogens with one attached hydrogen (secondary N) is 1. The summed E-state index contributed by atoms with van der Waals surface area (Å²) in [6, 6.07) is 19.4. The fraction of sp³-hybridized carbons (Fsp3) is 0.182. The van der Waals surface area contributed by atoms with Crippen LogP contribution < -0.4 is 5.32 Å². The van der Waals surface area contributed by atoms with E-state index in [0.717, 1.165) is 5.56 Å². The van der Waals surface area contributed by atoms with Gasteiger partial charge < -0.3 is 14.6 Å². The molecular weight excluding hydrogens is 408 g/mol. The molecule has 2 heterocycles. The second kappa shape index (κ2) is 8.76. The third-order valence-electron chi connectivity index (χ3n) is 4.75. The van der Waals surface area contributed by atoms with Crippen LogP contribution in [0, 0.1) is 0 Å². The molecule has 1 N–H and O–H groups in total. The van der Waals surface area contributed by atoms with Gasteiger partial charge in [0.15, 0.2) is 0 Å². The molecule has 1 aliphatic heterocycles. The number of thioether (sulfide) groups is 1. The van der Waals surface area contributed by atoms with Crippen molar-refractivity contribution in [1.82, 2.24) is 10.2 Å². The van der Waals surface area contributed by atoms with Gasteiger partial charge in [0.1, 0.15) is 17.2 Å². The van der Waals surface area contributed by atoms with Crippen molar-refractivity contribution in [2.45, 2.75) is 18.0 Å². The predicted octanol–water partition coefficient (Wildman–Crippen LogP) is 4.51. The molecule has 2 amide bonds. The van der Waals surface area contributed by atoms with Gasteiger partial charge in [-0.25, -0.2) is 0 Å². The second-order valence-corrected chi connectivity index (χ2v) is 8.12. The lowest BCUT2D eigenvalue weighted by molar-refractivity contribution is -0.125. The van der Waals surface area contributed by atoms with Gasteiger partial charge in [-0.15, -0.1) is 11.8 Å². The highest BCUT2D eigenvalue weighted by Crippen LogP contribution is 2.44. The molecule has 0 radical (unpaired) electrons. The number of hydrogen-bond donors (Lipinski definition) is 1. The van der Waals surface area contributed by atoms with Crippen molar-refractivity contribution in [2.75, 3.05) is 5.75 Å². The van der Waals surface area contributed by atoms with Gasteiger partial charge in [0.2, 0.25) is 5.91 Å². The number of amides is 2. The van der Waals surface area contributed by atoms with E-state index in [4.69, 9.17) is 16.0 Å². The number of nitrogens with zero attached hydrogens (tertiary/aromatic N) is 1. The lowest BCUT2D eigenvalue weighted by atomic mass is 10.1. The van der Waals surface area contributed by atoms with Crippen LogP contribution in [0.1, 0.15) is 27.1 Å². The Kier molecular flexibility index (Phi) is 5.92. The summed E-state index contributed by atoms with van der Waals surface area (Å²) >= 11 is 7.95. The minimum absolute atomic E-state index is 0.196. The van der Waals surface area contributed by atoms with Crippen molar-refractivity contribution >= 4 is 35.2 Å². The van der Waals surface area contributed by atoms with Gasteiger partial charge in [-0.05, 0) is 30.3 Å². The maximum atomic E-state index is 13.4. The van der Waals surface area contributed by atoms with Crippen LogP contribution in [0.15, 0.2) is 77.4 Å². The normalized spacial score (nSPS) is 18.6. The summed E-state index contributed by atoms with van der Waals surface area (Å²) in [4.78, 5) is 28.0. The minimum Gasteiger partial charge on any atom is -0.467 e. The molecule has 0 spiro atoms. The largest absolute Gasteiger partial charge is 0.467 e. The van der Waals surface area contributed by atoms with Gasteiger partial charge >= 0.3 is 0 Å². The molecule has 1 saturated heterocycles. The monoisotopic (exact) mass is 426 g/mol. The first kappa shape index (κ1) is 19.6. The minimum atomic E-state index is -0.607. The molecule has 1 aliphatic rings. The predicted molar refractivity (Wildman–Crippen MR) is 114 cm³/mol. The number of benzene rings is 2. The molecule has 0 bridgehead atoms. The van der Waals surface area contributed by atoms with E-state index in [2.05, 4.69) is 5.32 Å². The van der Waals surface area contributed by atoms with Gasteiger partial charge in [0.25, 0.3) is 5.91 Å². The highest BCUT2D eigenvalue weighted by Gasteiger charge is 2.43. The fourth-order valence-electron chi connectivity index (χ4n) is 3.31. The van der Waals surface area contributed by atoms with E-state index >= 15 is 0 Å². The van der Waals surface area contributed by atoms with E-state index in [-0.39, 0.29) is 23.7 Å². The number of rotatable bonds is 5. The fourth-order valence-corrected chi connectivity index (χ4v) is 5.08. The third-order valence-corrected chi connectivity index (χ3v) is 6.40. The molecule has 2 unspecified atom stereocenters. The number of carbonyl (C=O) groups is 2. The molecule has 0 saturated carbocycles. The molecule has 2 aromatic carbocycles. The lowest BCUT2D eigenvalue weighted by Crippen LogP contribution is -2.47. The standard InChI is InChI=1S/C22H19ClN2O3S/c23-18-11-5-4-10-17(18)22-25(21(27)15-7-2-1-3-8-15)19(14-29-22)20(26)24-13-16-9-6-12-28-16/h1-12,19,22H,13-14H2,(H,24,26). The molecule has 4 rings (SSSR count). The van der Waals surface area contributed by atoms with E-state index in [1.165, 1.54) is 11.8 Å². The zero-order valence-electron chi connectivity index (χ0n) is 15.5. The Labute approximate surface area is 178 Å². The number of hydrogen-bond acceptors (Lipinski definition) is 4. The van der Waals surface area contributed by atoms with Crippen LogP contribution in [0.2, 0.25) is 5.02 Å². The molecule has 1 fully saturated rings. The Morgan fingerprint density at radius 2 is 1.83 bits per heavy atom.